The van der Waals surface area contributed by atoms with E-state index >= 15 is 0 Å². The van der Waals surface area contributed by atoms with Gasteiger partial charge in [-0.2, -0.15) is 10.4 Å². The van der Waals surface area contributed by atoms with Gasteiger partial charge in [0, 0.05) is 30.3 Å². The van der Waals surface area contributed by atoms with E-state index < -0.39 is 0 Å². The number of nitriles is 1. The first-order valence-electron chi connectivity index (χ1n) is 9.51. The predicted octanol–water partition coefficient (Wildman–Crippen LogP) is 4.69. The van der Waals surface area contributed by atoms with Crippen LogP contribution in [0.4, 0.5) is 0 Å². The van der Waals surface area contributed by atoms with Crippen molar-refractivity contribution in [3.63, 3.8) is 0 Å². The average molecular weight is 358 g/mol. The van der Waals surface area contributed by atoms with Crippen LogP contribution in [-0.4, -0.2) is 16.3 Å². The number of benzene rings is 2. The molecule has 1 heterocycles. The molecule has 0 aliphatic rings. The second-order valence-electron chi connectivity index (χ2n) is 6.85. The Morgan fingerprint density at radius 1 is 1.07 bits per heavy atom. The first kappa shape index (κ1) is 18.9. The van der Waals surface area contributed by atoms with E-state index in [9.17, 15) is 0 Å². The standard InChI is InChI=1S/C23H26N4/c1-19-9-8-12-21(15-19)23-22(16-25-14-7-3-6-13-24)18-27(26-23)17-20-10-4-2-5-11-20/h2,4-5,8-12,15,18,25H,3,6-7,14,16-17H2,1H3. The Hall–Kier alpha value is -2.90. The van der Waals surface area contributed by atoms with E-state index in [1.165, 1.54) is 16.7 Å². The van der Waals surface area contributed by atoms with E-state index in [0.29, 0.717) is 6.42 Å². The van der Waals surface area contributed by atoms with Crippen LogP contribution in [0.1, 0.15) is 36.0 Å². The highest BCUT2D eigenvalue weighted by molar-refractivity contribution is 5.63. The molecule has 0 saturated heterocycles. The Balaban J connectivity index is 1.76. The maximum absolute atomic E-state index is 8.63. The van der Waals surface area contributed by atoms with Crippen LogP contribution in [0.5, 0.6) is 0 Å². The minimum absolute atomic E-state index is 0.630. The second-order valence-corrected chi connectivity index (χ2v) is 6.85. The molecule has 3 rings (SSSR count). The summed E-state index contributed by atoms with van der Waals surface area (Å²) in [4.78, 5) is 0. The summed E-state index contributed by atoms with van der Waals surface area (Å²) in [5.74, 6) is 0. The van der Waals surface area contributed by atoms with Gasteiger partial charge in [0.1, 0.15) is 0 Å². The maximum atomic E-state index is 8.63. The van der Waals surface area contributed by atoms with Crippen LogP contribution < -0.4 is 5.32 Å². The van der Waals surface area contributed by atoms with Gasteiger partial charge in [-0.3, -0.25) is 4.68 Å². The van der Waals surface area contributed by atoms with Gasteiger partial charge in [0.25, 0.3) is 0 Å². The van der Waals surface area contributed by atoms with Crippen LogP contribution in [0.2, 0.25) is 0 Å². The third-order valence-electron chi connectivity index (χ3n) is 4.52. The zero-order chi connectivity index (χ0) is 18.9. The number of aromatic nitrogens is 2. The Morgan fingerprint density at radius 2 is 1.93 bits per heavy atom. The molecule has 27 heavy (non-hydrogen) atoms. The number of hydrogen-bond acceptors (Lipinski definition) is 3. The smallest absolute Gasteiger partial charge is 0.0968 e. The van der Waals surface area contributed by atoms with Gasteiger partial charge in [-0.05, 0) is 37.9 Å². The van der Waals surface area contributed by atoms with Crippen molar-refractivity contribution in [2.75, 3.05) is 6.54 Å². The van der Waals surface area contributed by atoms with E-state index in [4.69, 9.17) is 10.4 Å². The number of aryl methyl sites for hydroxylation is 1. The quantitative estimate of drug-likeness (QED) is 0.565. The molecule has 0 fully saturated rings. The van der Waals surface area contributed by atoms with Crippen LogP contribution in [0.25, 0.3) is 11.3 Å². The lowest BCUT2D eigenvalue weighted by atomic mass is 10.1. The molecule has 0 bridgehead atoms. The van der Waals surface area contributed by atoms with Crippen LogP contribution in [0, 0.1) is 18.3 Å². The molecule has 2 aromatic carbocycles. The lowest BCUT2D eigenvalue weighted by molar-refractivity contribution is 0.627. The number of unbranched alkanes of at least 4 members (excludes halogenated alkanes) is 2. The summed E-state index contributed by atoms with van der Waals surface area (Å²) in [6, 6.07) is 21.1. The van der Waals surface area contributed by atoms with Crippen molar-refractivity contribution in [3.05, 3.63) is 77.5 Å². The minimum Gasteiger partial charge on any atom is -0.313 e. The van der Waals surface area contributed by atoms with Crippen molar-refractivity contribution in [2.24, 2.45) is 0 Å². The minimum atomic E-state index is 0.630. The Bertz CT molecular complexity index is 890. The van der Waals surface area contributed by atoms with Crippen molar-refractivity contribution in [3.8, 4) is 17.3 Å². The van der Waals surface area contributed by atoms with Gasteiger partial charge in [-0.25, -0.2) is 0 Å². The molecule has 0 aliphatic heterocycles. The van der Waals surface area contributed by atoms with Crippen LogP contribution in [0.15, 0.2) is 60.8 Å². The van der Waals surface area contributed by atoms with E-state index in [2.05, 4.69) is 73.0 Å². The normalized spacial score (nSPS) is 10.7. The highest BCUT2D eigenvalue weighted by Crippen LogP contribution is 2.23. The highest BCUT2D eigenvalue weighted by atomic mass is 15.3. The van der Waals surface area contributed by atoms with E-state index in [1.807, 2.05) is 10.7 Å². The molecule has 138 valence electrons. The number of rotatable bonds is 9. The van der Waals surface area contributed by atoms with Gasteiger partial charge >= 0.3 is 0 Å². The Kier molecular flexibility index (Phi) is 6.78. The molecule has 1 N–H and O–H groups in total. The van der Waals surface area contributed by atoms with Crippen molar-refractivity contribution >= 4 is 0 Å². The lowest BCUT2D eigenvalue weighted by Crippen LogP contribution is -2.14. The van der Waals surface area contributed by atoms with Gasteiger partial charge in [0.05, 0.1) is 18.3 Å². The monoisotopic (exact) mass is 358 g/mol. The molecule has 0 amide bonds. The van der Waals surface area contributed by atoms with Crippen molar-refractivity contribution in [1.82, 2.24) is 15.1 Å². The average Bonchev–Trinajstić information content (AvgIpc) is 3.08. The highest BCUT2D eigenvalue weighted by Gasteiger charge is 2.11. The molecule has 1 aromatic heterocycles. The first-order valence-corrected chi connectivity index (χ1v) is 9.51. The lowest BCUT2D eigenvalue weighted by Gasteiger charge is -2.05. The molecule has 4 heteroatoms. The molecule has 3 aromatic rings. The molecular formula is C23H26N4. The number of nitrogens with zero attached hydrogens (tertiary/aromatic N) is 3. The summed E-state index contributed by atoms with van der Waals surface area (Å²) >= 11 is 0. The molecule has 0 saturated carbocycles. The fraction of sp³-hybridized carbons (Fsp3) is 0.304. The summed E-state index contributed by atoms with van der Waals surface area (Å²) in [6.45, 7) is 4.57. The fourth-order valence-corrected chi connectivity index (χ4v) is 3.16. The predicted molar refractivity (Wildman–Crippen MR) is 109 cm³/mol. The van der Waals surface area contributed by atoms with Crippen LogP contribution in [0.3, 0.4) is 0 Å². The number of hydrogen-bond donors (Lipinski definition) is 1. The Morgan fingerprint density at radius 3 is 2.70 bits per heavy atom. The van der Waals surface area contributed by atoms with Crippen LogP contribution >= 0.6 is 0 Å². The third kappa shape index (κ3) is 5.54. The van der Waals surface area contributed by atoms with Crippen molar-refractivity contribution in [1.29, 1.82) is 5.26 Å². The summed E-state index contributed by atoms with van der Waals surface area (Å²) in [7, 11) is 0. The topological polar surface area (TPSA) is 53.6 Å². The van der Waals surface area contributed by atoms with Gasteiger partial charge in [0.2, 0.25) is 0 Å². The molecule has 4 nitrogen and oxygen atoms in total. The van der Waals surface area contributed by atoms with E-state index in [-0.39, 0.29) is 0 Å². The summed E-state index contributed by atoms with van der Waals surface area (Å²) in [5.41, 5.74) is 5.88. The molecular weight excluding hydrogens is 332 g/mol. The largest absolute Gasteiger partial charge is 0.313 e. The van der Waals surface area contributed by atoms with Crippen LogP contribution in [-0.2, 0) is 13.1 Å². The molecule has 0 atom stereocenters. The van der Waals surface area contributed by atoms with Crippen molar-refractivity contribution in [2.45, 2.75) is 39.3 Å². The third-order valence-corrected chi connectivity index (χ3v) is 4.52. The SMILES string of the molecule is Cc1cccc(-c2nn(Cc3ccccc3)cc2CNCCCCC#N)c1. The molecule has 0 radical (unpaired) electrons. The summed E-state index contributed by atoms with van der Waals surface area (Å²) in [5, 5.41) is 17.0. The zero-order valence-corrected chi connectivity index (χ0v) is 15.9. The van der Waals surface area contributed by atoms with Crippen molar-refractivity contribution < 1.29 is 0 Å². The second kappa shape index (κ2) is 9.70. The zero-order valence-electron chi connectivity index (χ0n) is 15.9. The van der Waals surface area contributed by atoms with E-state index in [1.54, 1.807) is 0 Å². The van der Waals surface area contributed by atoms with E-state index in [0.717, 1.165) is 43.7 Å². The summed E-state index contributed by atoms with van der Waals surface area (Å²) in [6.07, 6.45) is 4.74. The van der Waals surface area contributed by atoms with Gasteiger partial charge in [-0.15, -0.1) is 0 Å². The van der Waals surface area contributed by atoms with Gasteiger partial charge in [0.15, 0.2) is 0 Å². The molecule has 0 unspecified atom stereocenters. The van der Waals surface area contributed by atoms with Gasteiger partial charge in [-0.1, -0.05) is 54.1 Å². The van der Waals surface area contributed by atoms with Gasteiger partial charge < -0.3 is 5.32 Å². The maximum Gasteiger partial charge on any atom is 0.0968 e. The first-order chi connectivity index (χ1) is 13.3. The Labute approximate surface area is 161 Å². The number of nitrogens with one attached hydrogen (secondary N) is 1. The molecule has 0 spiro atoms. The summed E-state index contributed by atoms with van der Waals surface area (Å²) < 4.78 is 2.03. The fourth-order valence-electron chi connectivity index (χ4n) is 3.16. The molecule has 0 aliphatic carbocycles.